The summed E-state index contributed by atoms with van der Waals surface area (Å²) >= 11 is 0. The Labute approximate surface area is 82.6 Å². The highest BCUT2D eigenvalue weighted by Crippen LogP contribution is 2.54. The summed E-state index contributed by atoms with van der Waals surface area (Å²) in [6, 6.07) is 0. The fourth-order valence-electron chi connectivity index (χ4n) is 1.64. The van der Waals surface area contributed by atoms with Gasteiger partial charge in [-0.05, 0) is 20.3 Å². The molecule has 78 valence electrons. The van der Waals surface area contributed by atoms with Crippen molar-refractivity contribution in [3.8, 4) is 0 Å². The van der Waals surface area contributed by atoms with Gasteiger partial charge in [0.15, 0.2) is 5.41 Å². The van der Waals surface area contributed by atoms with Crippen molar-refractivity contribution in [2.24, 2.45) is 11.3 Å². The number of allylic oxidation sites excluding steroid dienone is 2. The molecule has 0 amide bonds. The van der Waals surface area contributed by atoms with Crippen molar-refractivity contribution in [1.82, 2.24) is 0 Å². The third-order valence-electron chi connectivity index (χ3n) is 2.48. The van der Waals surface area contributed by atoms with Crippen molar-refractivity contribution in [3.05, 3.63) is 11.6 Å². The fraction of sp³-hybridized carbons (Fsp3) is 0.600. The number of rotatable bonds is 3. The zero-order valence-electron chi connectivity index (χ0n) is 8.53. The molecule has 0 radical (unpaired) electrons. The molecule has 1 rings (SSSR count). The van der Waals surface area contributed by atoms with Crippen LogP contribution >= 0.6 is 0 Å². The van der Waals surface area contributed by atoms with Crippen molar-refractivity contribution in [2.45, 2.75) is 20.3 Å². The Morgan fingerprint density at radius 2 is 2.07 bits per heavy atom. The maximum Gasteiger partial charge on any atom is 0.323 e. The van der Waals surface area contributed by atoms with E-state index < -0.39 is 17.4 Å². The van der Waals surface area contributed by atoms with Gasteiger partial charge in [0.1, 0.15) is 0 Å². The molecule has 4 heteroatoms. The Hall–Kier alpha value is -1.32. The number of carbonyl (C=O) groups excluding carboxylic acids is 1. The van der Waals surface area contributed by atoms with Crippen molar-refractivity contribution < 1.29 is 19.4 Å². The summed E-state index contributed by atoms with van der Waals surface area (Å²) in [5, 5.41) is 8.96. The van der Waals surface area contributed by atoms with E-state index in [9.17, 15) is 9.59 Å². The number of ether oxygens (including phenoxy) is 1. The molecule has 0 bridgehead atoms. The largest absolute Gasteiger partial charge is 0.480 e. The van der Waals surface area contributed by atoms with Gasteiger partial charge >= 0.3 is 11.9 Å². The Kier molecular flexibility index (Phi) is 2.64. The van der Waals surface area contributed by atoms with Gasteiger partial charge in [-0.1, -0.05) is 11.6 Å². The molecule has 0 aromatic heterocycles. The number of methoxy groups -OCH3 is 1. The van der Waals surface area contributed by atoms with E-state index in [0.717, 1.165) is 5.57 Å². The number of carboxylic acid groups (broad SMARTS) is 1. The number of aliphatic carboxylic acids is 1. The maximum absolute atomic E-state index is 11.3. The first-order valence-corrected chi connectivity index (χ1v) is 4.42. The number of esters is 1. The second-order valence-electron chi connectivity index (χ2n) is 3.82. The molecule has 0 aliphatic heterocycles. The molecule has 0 heterocycles. The van der Waals surface area contributed by atoms with E-state index in [0.29, 0.717) is 6.42 Å². The zero-order valence-corrected chi connectivity index (χ0v) is 8.53. The number of hydrogen-bond donors (Lipinski definition) is 1. The van der Waals surface area contributed by atoms with E-state index in [2.05, 4.69) is 4.74 Å². The van der Waals surface area contributed by atoms with Crippen LogP contribution in [-0.2, 0) is 14.3 Å². The molecule has 1 saturated carbocycles. The Balaban J connectivity index is 2.87. The third-order valence-corrected chi connectivity index (χ3v) is 2.48. The minimum atomic E-state index is -1.31. The van der Waals surface area contributed by atoms with Crippen LogP contribution in [0.1, 0.15) is 20.3 Å². The highest BCUT2D eigenvalue weighted by molar-refractivity contribution is 6.03. The van der Waals surface area contributed by atoms with Crippen LogP contribution < -0.4 is 0 Å². The van der Waals surface area contributed by atoms with Gasteiger partial charge in [0, 0.05) is 5.92 Å². The van der Waals surface area contributed by atoms with E-state index in [1.54, 1.807) is 0 Å². The van der Waals surface area contributed by atoms with Crippen LogP contribution in [0.3, 0.4) is 0 Å². The molecule has 0 saturated heterocycles. The van der Waals surface area contributed by atoms with E-state index in [4.69, 9.17) is 5.11 Å². The number of hydrogen-bond acceptors (Lipinski definition) is 3. The molecule has 1 aliphatic carbocycles. The van der Waals surface area contributed by atoms with E-state index in [-0.39, 0.29) is 5.92 Å². The van der Waals surface area contributed by atoms with E-state index >= 15 is 0 Å². The van der Waals surface area contributed by atoms with Gasteiger partial charge < -0.3 is 9.84 Å². The van der Waals surface area contributed by atoms with Gasteiger partial charge in [0.2, 0.25) is 0 Å². The van der Waals surface area contributed by atoms with Crippen molar-refractivity contribution in [1.29, 1.82) is 0 Å². The highest BCUT2D eigenvalue weighted by atomic mass is 16.5. The lowest BCUT2D eigenvalue weighted by Crippen LogP contribution is -2.28. The summed E-state index contributed by atoms with van der Waals surface area (Å²) in [5.41, 5.74) is -0.298. The van der Waals surface area contributed by atoms with Gasteiger partial charge in [-0.25, -0.2) is 0 Å². The first-order chi connectivity index (χ1) is 6.45. The van der Waals surface area contributed by atoms with Crippen LogP contribution in [0.2, 0.25) is 0 Å². The smallest absolute Gasteiger partial charge is 0.323 e. The van der Waals surface area contributed by atoms with E-state index in [1.165, 1.54) is 7.11 Å². The lowest BCUT2D eigenvalue weighted by molar-refractivity contribution is -0.159. The summed E-state index contributed by atoms with van der Waals surface area (Å²) in [6.07, 6.45) is 2.16. The molecule has 1 aliphatic rings. The number of carboxylic acids is 1. The Morgan fingerprint density at radius 1 is 1.50 bits per heavy atom. The van der Waals surface area contributed by atoms with Crippen molar-refractivity contribution in [3.63, 3.8) is 0 Å². The van der Waals surface area contributed by atoms with Gasteiger partial charge in [0.05, 0.1) is 7.11 Å². The molecular formula is C10H14O4. The van der Waals surface area contributed by atoms with Crippen LogP contribution in [0.15, 0.2) is 11.6 Å². The van der Waals surface area contributed by atoms with Gasteiger partial charge in [-0.2, -0.15) is 0 Å². The molecule has 4 nitrogen and oxygen atoms in total. The van der Waals surface area contributed by atoms with Crippen molar-refractivity contribution in [2.75, 3.05) is 7.11 Å². The van der Waals surface area contributed by atoms with Crippen LogP contribution in [0.5, 0.6) is 0 Å². The Morgan fingerprint density at radius 3 is 2.43 bits per heavy atom. The summed E-state index contributed by atoms with van der Waals surface area (Å²) in [6.45, 7) is 3.75. The standard InChI is InChI=1S/C10H14O4/c1-6(2)4-7-5-10(7,8(11)12)9(13)14-3/h4,7H,5H2,1-3H3,(H,11,12). The maximum atomic E-state index is 11.3. The molecule has 0 aromatic carbocycles. The monoisotopic (exact) mass is 198 g/mol. The van der Waals surface area contributed by atoms with Crippen molar-refractivity contribution >= 4 is 11.9 Å². The fourth-order valence-corrected chi connectivity index (χ4v) is 1.64. The predicted octanol–water partition coefficient (Wildman–Crippen LogP) is 1.22. The molecule has 1 fully saturated rings. The molecular weight excluding hydrogens is 184 g/mol. The molecule has 0 aromatic rings. The average Bonchev–Trinajstić information content (AvgIpc) is 2.78. The third kappa shape index (κ3) is 1.52. The lowest BCUT2D eigenvalue weighted by Gasteiger charge is -2.07. The van der Waals surface area contributed by atoms with Crippen LogP contribution in [0.4, 0.5) is 0 Å². The van der Waals surface area contributed by atoms with Crippen LogP contribution in [0, 0.1) is 11.3 Å². The second-order valence-corrected chi connectivity index (χ2v) is 3.82. The minimum Gasteiger partial charge on any atom is -0.480 e. The second kappa shape index (κ2) is 3.44. The van der Waals surface area contributed by atoms with Gasteiger partial charge in [-0.15, -0.1) is 0 Å². The summed E-state index contributed by atoms with van der Waals surface area (Å²) in [4.78, 5) is 22.2. The Bertz CT molecular complexity index is 301. The quantitative estimate of drug-likeness (QED) is 0.420. The summed E-state index contributed by atoms with van der Waals surface area (Å²) in [7, 11) is 1.21. The molecule has 2 atom stereocenters. The first kappa shape index (κ1) is 10.8. The predicted molar refractivity (Wildman–Crippen MR) is 49.6 cm³/mol. The molecule has 0 spiro atoms. The summed E-state index contributed by atoms with van der Waals surface area (Å²) < 4.78 is 4.50. The highest BCUT2D eigenvalue weighted by Gasteiger charge is 2.66. The average molecular weight is 198 g/mol. The topological polar surface area (TPSA) is 63.6 Å². The van der Waals surface area contributed by atoms with Gasteiger partial charge in [0.25, 0.3) is 0 Å². The molecule has 14 heavy (non-hydrogen) atoms. The van der Waals surface area contributed by atoms with Crippen LogP contribution in [-0.4, -0.2) is 24.2 Å². The lowest BCUT2D eigenvalue weighted by atomic mass is 10.0. The number of carbonyl (C=O) groups is 2. The van der Waals surface area contributed by atoms with E-state index in [1.807, 2.05) is 19.9 Å². The molecule has 2 unspecified atom stereocenters. The first-order valence-electron chi connectivity index (χ1n) is 4.42. The molecule has 1 N–H and O–H groups in total. The van der Waals surface area contributed by atoms with Crippen LogP contribution in [0.25, 0.3) is 0 Å². The zero-order chi connectivity index (χ0) is 10.9. The minimum absolute atomic E-state index is 0.211. The SMILES string of the molecule is COC(=O)C1(C(=O)O)CC1C=C(C)C. The summed E-state index contributed by atoms with van der Waals surface area (Å²) in [5.74, 6) is -1.95. The normalized spacial score (nSPS) is 29.2. The van der Waals surface area contributed by atoms with Gasteiger partial charge in [-0.3, -0.25) is 9.59 Å².